The van der Waals surface area contributed by atoms with E-state index in [4.69, 9.17) is 11.6 Å². The summed E-state index contributed by atoms with van der Waals surface area (Å²) in [6, 6.07) is 16.7. The van der Waals surface area contributed by atoms with E-state index >= 15 is 0 Å². The summed E-state index contributed by atoms with van der Waals surface area (Å²) >= 11 is 6.18. The number of benzene rings is 2. The minimum atomic E-state index is -0.250. The van der Waals surface area contributed by atoms with Crippen LogP contribution in [0.5, 0.6) is 0 Å². The fraction of sp³-hybridized carbons (Fsp3) is 0.158. The van der Waals surface area contributed by atoms with Crippen LogP contribution in [0.4, 0.5) is 0 Å². The maximum atomic E-state index is 13.0. The molecule has 1 aromatic heterocycles. The standard InChI is InChI=1S/C19H18ClN3O2/c1-21-18(24)12-23(11-13-6-3-2-4-7-13)19(25)17-10-14-15(20)8-5-9-16(14)22-17/h2-10,22H,11-12H2,1H3,(H,21,24). The molecule has 0 unspecified atom stereocenters. The number of nitrogens with zero attached hydrogens (tertiary/aromatic N) is 1. The number of halogens is 1. The van der Waals surface area contributed by atoms with Crippen LogP contribution in [0.1, 0.15) is 16.1 Å². The largest absolute Gasteiger partial charge is 0.358 e. The van der Waals surface area contributed by atoms with Crippen LogP contribution in [0.3, 0.4) is 0 Å². The Morgan fingerprint density at radius 3 is 2.56 bits per heavy atom. The molecule has 0 aliphatic heterocycles. The third-order valence-electron chi connectivity index (χ3n) is 3.96. The van der Waals surface area contributed by atoms with Gasteiger partial charge in [0, 0.05) is 29.5 Å². The Bertz CT molecular complexity index is 905. The summed E-state index contributed by atoms with van der Waals surface area (Å²) in [6.45, 7) is 0.323. The van der Waals surface area contributed by atoms with Crippen LogP contribution in [0.25, 0.3) is 10.9 Å². The highest BCUT2D eigenvalue weighted by atomic mass is 35.5. The fourth-order valence-electron chi connectivity index (χ4n) is 2.66. The predicted molar refractivity (Wildman–Crippen MR) is 98.6 cm³/mol. The molecule has 0 aliphatic carbocycles. The second-order valence-corrected chi connectivity index (χ2v) is 6.11. The molecule has 0 bridgehead atoms. The number of amides is 2. The number of hydrogen-bond donors (Lipinski definition) is 2. The first-order valence-electron chi connectivity index (χ1n) is 7.89. The van der Waals surface area contributed by atoms with E-state index in [1.807, 2.05) is 42.5 Å². The van der Waals surface area contributed by atoms with Crippen molar-refractivity contribution in [3.63, 3.8) is 0 Å². The fourth-order valence-corrected chi connectivity index (χ4v) is 2.89. The number of hydrogen-bond acceptors (Lipinski definition) is 2. The number of carbonyl (C=O) groups is 2. The summed E-state index contributed by atoms with van der Waals surface area (Å²) in [6.07, 6.45) is 0. The van der Waals surface area contributed by atoms with Gasteiger partial charge in [0.25, 0.3) is 5.91 Å². The van der Waals surface area contributed by atoms with E-state index in [9.17, 15) is 9.59 Å². The van der Waals surface area contributed by atoms with E-state index in [0.29, 0.717) is 17.3 Å². The summed E-state index contributed by atoms with van der Waals surface area (Å²) in [5.41, 5.74) is 2.15. The van der Waals surface area contributed by atoms with Crippen LogP contribution >= 0.6 is 11.6 Å². The number of carbonyl (C=O) groups excluding carboxylic acids is 2. The SMILES string of the molecule is CNC(=O)CN(Cc1ccccc1)C(=O)c1cc2c(Cl)cccc2[nH]1. The molecule has 0 fully saturated rings. The Morgan fingerprint density at radius 2 is 1.88 bits per heavy atom. The zero-order valence-electron chi connectivity index (χ0n) is 13.8. The van der Waals surface area contributed by atoms with Gasteiger partial charge in [0.1, 0.15) is 12.2 Å². The smallest absolute Gasteiger partial charge is 0.271 e. The highest BCUT2D eigenvalue weighted by Crippen LogP contribution is 2.24. The van der Waals surface area contributed by atoms with Crippen molar-refractivity contribution in [2.75, 3.05) is 13.6 Å². The van der Waals surface area contributed by atoms with Gasteiger partial charge in [-0.25, -0.2) is 0 Å². The zero-order chi connectivity index (χ0) is 17.8. The minimum absolute atomic E-state index is 0.0205. The first kappa shape index (κ1) is 17.0. The number of aromatic amines is 1. The minimum Gasteiger partial charge on any atom is -0.358 e. The quantitative estimate of drug-likeness (QED) is 0.738. The van der Waals surface area contributed by atoms with E-state index in [1.54, 1.807) is 19.2 Å². The molecule has 2 amide bonds. The summed E-state index contributed by atoms with van der Waals surface area (Å²) < 4.78 is 0. The van der Waals surface area contributed by atoms with Crippen molar-refractivity contribution in [3.05, 3.63) is 70.9 Å². The van der Waals surface area contributed by atoms with Crippen LogP contribution in [0, 0.1) is 0 Å². The highest BCUT2D eigenvalue weighted by Gasteiger charge is 2.21. The second-order valence-electron chi connectivity index (χ2n) is 5.70. The average Bonchev–Trinajstić information content (AvgIpc) is 3.07. The molecule has 2 aromatic carbocycles. The predicted octanol–water partition coefficient (Wildman–Crippen LogP) is 3.21. The number of likely N-dealkylation sites (N-methyl/N-ethyl adjacent to an activating group) is 1. The summed E-state index contributed by atoms with van der Waals surface area (Å²) in [7, 11) is 1.55. The van der Waals surface area contributed by atoms with Crippen LogP contribution in [0.2, 0.25) is 5.02 Å². The van der Waals surface area contributed by atoms with Gasteiger partial charge in [-0.15, -0.1) is 0 Å². The van der Waals surface area contributed by atoms with Gasteiger partial charge in [-0.2, -0.15) is 0 Å². The van der Waals surface area contributed by atoms with Crippen LogP contribution in [-0.2, 0) is 11.3 Å². The van der Waals surface area contributed by atoms with Crippen molar-refractivity contribution in [2.24, 2.45) is 0 Å². The molecule has 1 heterocycles. The number of H-pyrrole nitrogens is 1. The third-order valence-corrected chi connectivity index (χ3v) is 4.29. The molecular formula is C19H18ClN3O2. The monoisotopic (exact) mass is 355 g/mol. The van der Waals surface area contributed by atoms with Crippen molar-refractivity contribution < 1.29 is 9.59 Å². The molecule has 0 aliphatic rings. The molecule has 2 N–H and O–H groups in total. The van der Waals surface area contributed by atoms with Gasteiger partial charge in [-0.3, -0.25) is 9.59 Å². The van der Waals surface area contributed by atoms with Crippen LogP contribution in [-0.4, -0.2) is 35.3 Å². The molecule has 0 saturated carbocycles. The van der Waals surface area contributed by atoms with Gasteiger partial charge in [0.05, 0.1) is 0 Å². The average molecular weight is 356 g/mol. The lowest BCUT2D eigenvalue weighted by molar-refractivity contribution is -0.121. The van der Waals surface area contributed by atoms with E-state index < -0.39 is 0 Å². The molecule has 0 spiro atoms. The number of aromatic nitrogens is 1. The van der Waals surface area contributed by atoms with Crippen molar-refractivity contribution in [1.29, 1.82) is 0 Å². The van der Waals surface area contributed by atoms with Gasteiger partial charge >= 0.3 is 0 Å². The summed E-state index contributed by atoms with van der Waals surface area (Å²) in [5, 5.41) is 3.92. The number of nitrogens with one attached hydrogen (secondary N) is 2. The Morgan fingerprint density at radius 1 is 1.12 bits per heavy atom. The molecule has 0 atom stereocenters. The normalized spacial score (nSPS) is 10.6. The lowest BCUT2D eigenvalue weighted by Crippen LogP contribution is -2.39. The molecule has 5 nitrogen and oxygen atoms in total. The molecular weight excluding hydrogens is 338 g/mol. The second kappa shape index (κ2) is 7.40. The van der Waals surface area contributed by atoms with E-state index in [-0.39, 0.29) is 18.4 Å². The van der Waals surface area contributed by atoms with Crippen LogP contribution in [0.15, 0.2) is 54.6 Å². The van der Waals surface area contributed by atoms with E-state index in [1.165, 1.54) is 4.90 Å². The molecule has 6 heteroatoms. The Hall–Kier alpha value is -2.79. The Balaban J connectivity index is 1.91. The lowest BCUT2D eigenvalue weighted by atomic mass is 10.2. The maximum absolute atomic E-state index is 13.0. The van der Waals surface area contributed by atoms with Gasteiger partial charge in [0.2, 0.25) is 5.91 Å². The van der Waals surface area contributed by atoms with Gasteiger partial charge in [0.15, 0.2) is 0 Å². The number of rotatable bonds is 5. The topological polar surface area (TPSA) is 65.2 Å². The van der Waals surface area contributed by atoms with Crippen molar-refractivity contribution in [1.82, 2.24) is 15.2 Å². The van der Waals surface area contributed by atoms with Gasteiger partial charge in [-0.1, -0.05) is 48.0 Å². The third kappa shape index (κ3) is 3.83. The highest BCUT2D eigenvalue weighted by molar-refractivity contribution is 6.35. The van der Waals surface area contributed by atoms with Gasteiger partial charge in [-0.05, 0) is 23.8 Å². The molecule has 3 rings (SSSR count). The van der Waals surface area contributed by atoms with Crippen molar-refractivity contribution in [3.8, 4) is 0 Å². The van der Waals surface area contributed by atoms with E-state index in [2.05, 4.69) is 10.3 Å². The molecule has 25 heavy (non-hydrogen) atoms. The molecule has 128 valence electrons. The molecule has 0 saturated heterocycles. The first-order valence-corrected chi connectivity index (χ1v) is 8.27. The molecule has 0 radical (unpaired) electrons. The van der Waals surface area contributed by atoms with Crippen LogP contribution < -0.4 is 5.32 Å². The first-order chi connectivity index (χ1) is 12.1. The lowest BCUT2D eigenvalue weighted by Gasteiger charge is -2.21. The number of fused-ring (bicyclic) bond motifs is 1. The van der Waals surface area contributed by atoms with Crippen molar-refractivity contribution >= 4 is 34.3 Å². The Kier molecular flexibility index (Phi) is 5.05. The summed E-state index contributed by atoms with van der Waals surface area (Å²) in [4.78, 5) is 29.4. The molecule has 3 aromatic rings. The maximum Gasteiger partial charge on any atom is 0.271 e. The summed E-state index contributed by atoms with van der Waals surface area (Å²) in [5.74, 6) is -0.474. The Labute approximate surface area is 150 Å². The van der Waals surface area contributed by atoms with E-state index in [0.717, 1.165) is 16.5 Å². The van der Waals surface area contributed by atoms with Crippen molar-refractivity contribution in [2.45, 2.75) is 6.54 Å². The van der Waals surface area contributed by atoms with Gasteiger partial charge < -0.3 is 15.2 Å². The zero-order valence-corrected chi connectivity index (χ0v) is 14.5.